The van der Waals surface area contributed by atoms with Gasteiger partial charge in [0.2, 0.25) is 0 Å². The van der Waals surface area contributed by atoms with E-state index in [2.05, 4.69) is 18.3 Å². The highest BCUT2D eigenvalue weighted by molar-refractivity contribution is 7.10. The van der Waals surface area contributed by atoms with Crippen molar-refractivity contribution in [3.8, 4) is 5.75 Å². The van der Waals surface area contributed by atoms with Crippen molar-refractivity contribution in [2.24, 2.45) is 0 Å². The van der Waals surface area contributed by atoms with Crippen LogP contribution in [0.5, 0.6) is 5.75 Å². The third-order valence-corrected chi connectivity index (χ3v) is 3.87. The van der Waals surface area contributed by atoms with Gasteiger partial charge in [0.1, 0.15) is 5.75 Å². The summed E-state index contributed by atoms with van der Waals surface area (Å²) in [6.07, 6.45) is 0. The standard InChI is InChI=1S/C14H16ClNOS/c1-3-17-12-4-5-14(10(2)6-12)16-8-13-7-11(15)9-18-13/h4-7,9,16H,3,8H2,1-2H3. The van der Waals surface area contributed by atoms with Gasteiger partial charge < -0.3 is 10.1 Å². The number of halogens is 1. The minimum Gasteiger partial charge on any atom is -0.494 e. The highest BCUT2D eigenvalue weighted by Gasteiger charge is 2.02. The van der Waals surface area contributed by atoms with Crippen molar-refractivity contribution in [1.82, 2.24) is 0 Å². The maximum atomic E-state index is 5.90. The highest BCUT2D eigenvalue weighted by atomic mass is 35.5. The molecule has 2 aromatic rings. The number of anilines is 1. The Morgan fingerprint density at radius 3 is 2.78 bits per heavy atom. The molecule has 0 aliphatic carbocycles. The number of thiophene rings is 1. The number of hydrogen-bond donors (Lipinski definition) is 1. The molecule has 0 atom stereocenters. The second kappa shape index (κ2) is 6.12. The molecular formula is C14H16ClNOS. The van der Waals surface area contributed by atoms with Crippen molar-refractivity contribution in [3.05, 3.63) is 45.1 Å². The summed E-state index contributed by atoms with van der Waals surface area (Å²) >= 11 is 7.56. The molecule has 2 rings (SSSR count). The molecule has 0 aliphatic heterocycles. The van der Waals surface area contributed by atoms with Crippen LogP contribution in [0, 0.1) is 6.92 Å². The maximum Gasteiger partial charge on any atom is 0.119 e. The molecule has 96 valence electrons. The largest absolute Gasteiger partial charge is 0.494 e. The summed E-state index contributed by atoms with van der Waals surface area (Å²) in [5.74, 6) is 0.916. The lowest BCUT2D eigenvalue weighted by atomic mass is 10.2. The van der Waals surface area contributed by atoms with Gasteiger partial charge in [0.25, 0.3) is 0 Å². The van der Waals surface area contributed by atoms with Gasteiger partial charge in [-0.05, 0) is 43.7 Å². The van der Waals surface area contributed by atoms with Gasteiger partial charge in [0.15, 0.2) is 0 Å². The van der Waals surface area contributed by atoms with Crippen LogP contribution in [-0.4, -0.2) is 6.61 Å². The van der Waals surface area contributed by atoms with Gasteiger partial charge in [-0.3, -0.25) is 0 Å². The minimum atomic E-state index is 0.694. The van der Waals surface area contributed by atoms with Crippen LogP contribution in [0.4, 0.5) is 5.69 Å². The molecule has 0 saturated heterocycles. The number of rotatable bonds is 5. The Morgan fingerprint density at radius 1 is 1.33 bits per heavy atom. The van der Waals surface area contributed by atoms with Crippen LogP contribution in [0.25, 0.3) is 0 Å². The van der Waals surface area contributed by atoms with Crippen LogP contribution < -0.4 is 10.1 Å². The molecule has 0 fully saturated rings. The number of nitrogens with one attached hydrogen (secondary N) is 1. The fourth-order valence-corrected chi connectivity index (χ4v) is 2.73. The average Bonchev–Trinajstić information content (AvgIpc) is 2.74. The summed E-state index contributed by atoms with van der Waals surface area (Å²) in [6.45, 7) is 5.56. The normalized spacial score (nSPS) is 10.4. The van der Waals surface area contributed by atoms with Crippen molar-refractivity contribution in [3.63, 3.8) is 0 Å². The lowest BCUT2D eigenvalue weighted by Gasteiger charge is -2.10. The predicted octanol–water partition coefficient (Wildman–Crippen LogP) is 4.72. The van der Waals surface area contributed by atoms with Gasteiger partial charge in [0.05, 0.1) is 11.6 Å². The van der Waals surface area contributed by atoms with Crippen LogP contribution in [0.3, 0.4) is 0 Å². The molecule has 1 aromatic carbocycles. The van der Waals surface area contributed by atoms with Gasteiger partial charge in [-0.1, -0.05) is 11.6 Å². The zero-order valence-electron chi connectivity index (χ0n) is 10.5. The quantitative estimate of drug-likeness (QED) is 0.856. The highest BCUT2D eigenvalue weighted by Crippen LogP contribution is 2.24. The summed E-state index contributed by atoms with van der Waals surface area (Å²) < 4.78 is 5.46. The Morgan fingerprint density at radius 2 is 2.17 bits per heavy atom. The Kier molecular flexibility index (Phi) is 4.50. The molecule has 0 radical (unpaired) electrons. The predicted molar refractivity (Wildman–Crippen MR) is 79.0 cm³/mol. The van der Waals surface area contributed by atoms with Gasteiger partial charge in [0, 0.05) is 22.5 Å². The van der Waals surface area contributed by atoms with Gasteiger partial charge >= 0.3 is 0 Å². The summed E-state index contributed by atoms with van der Waals surface area (Å²) in [4.78, 5) is 1.23. The van der Waals surface area contributed by atoms with E-state index in [0.29, 0.717) is 6.61 Å². The van der Waals surface area contributed by atoms with E-state index >= 15 is 0 Å². The molecule has 1 aromatic heterocycles. The van der Waals surface area contributed by atoms with E-state index in [1.807, 2.05) is 30.5 Å². The lowest BCUT2D eigenvalue weighted by molar-refractivity contribution is 0.340. The maximum absolute atomic E-state index is 5.90. The zero-order valence-corrected chi connectivity index (χ0v) is 12.1. The molecule has 0 unspecified atom stereocenters. The van der Waals surface area contributed by atoms with Crippen LogP contribution >= 0.6 is 22.9 Å². The van der Waals surface area contributed by atoms with Crippen molar-refractivity contribution >= 4 is 28.6 Å². The van der Waals surface area contributed by atoms with E-state index in [9.17, 15) is 0 Å². The van der Waals surface area contributed by atoms with Crippen molar-refractivity contribution in [2.45, 2.75) is 20.4 Å². The van der Waals surface area contributed by atoms with Crippen LogP contribution in [0.15, 0.2) is 29.6 Å². The molecule has 2 nitrogen and oxygen atoms in total. The van der Waals surface area contributed by atoms with E-state index in [0.717, 1.165) is 23.0 Å². The molecule has 4 heteroatoms. The first kappa shape index (κ1) is 13.2. The zero-order chi connectivity index (χ0) is 13.0. The molecule has 18 heavy (non-hydrogen) atoms. The van der Waals surface area contributed by atoms with Crippen LogP contribution in [0.1, 0.15) is 17.4 Å². The summed E-state index contributed by atoms with van der Waals surface area (Å²) in [5, 5.41) is 6.16. The monoisotopic (exact) mass is 281 g/mol. The second-order valence-electron chi connectivity index (χ2n) is 3.99. The van der Waals surface area contributed by atoms with Crippen LogP contribution in [-0.2, 0) is 6.54 Å². The smallest absolute Gasteiger partial charge is 0.119 e. The van der Waals surface area contributed by atoms with E-state index in [4.69, 9.17) is 16.3 Å². The summed E-state index contributed by atoms with van der Waals surface area (Å²) in [7, 11) is 0. The lowest BCUT2D eigenvalue weighted by Crippen LogP contribution is -2.00. The van der Waals surface area contributed by atoms with Crippen molar-refractivity contribution in [2.75, 3.05) is 11.9 Å². The summed E-state index contributed by atoms with van der Waals surface area (Å²) in [5.41, 5.74) is 2.31. The topological polar surface area (TPSA) is 21.3 Å². The number of ether oxygens (including phenoxy) is 1. The van der Waals surface area contributed by atoms with Crippen molar-refractivity contribution < 1.29 is 4.74 Å². The third kappa shape index (κ3) is 3.40. The molecule has 1 N–H and O–H groups in total. The van der Waals surface area contributed by atoms with Gasteiger partial charge in [-0.15, -0.1) is 11.3 Å². The number of hydrogen-bond acceptors (Lipinski definition) is 3. The van der Waals surface area contributed by atoms with E-state index in [-0.39, 0.29) is 0 Å². The fourth-order valence-electron chi connectivity index (χ4n) is 1.72. The molecule has 0 spiro atoms. The number of aryl methyl sites for hydroxylation is 1. The van der Waals surface area contributed by atoms with Crippen molar-refractivity contribution in [1.29, 1.82) is 0 Å². The third-order valence-electron chi connectivity index (χ3n) is 2.58. The Balaban J connectivity index is 2.01. The van der Waals surface area contributed by atoms with Gasteiger partial charge in [-0.2, -0.15) is 0 Å². The SMILES string of the molecule is CCOc1ccc(NCc2cc(Cl)cs2)c(C)c1. The Labute approximate surface area is 117 Å². The molecule has 0 aliphatic rings. The molecule has 1 heterocycles. The molecular weight excluding hydrogens is 266 g/mol. The number of benzene rings is 1. The average molecular weight is 282 g/mol. The van der Waals surface area contributed by atoms with E-state index in [1.165, 1.54) is 10.4 Å². The second-order valence-corrected chi connectivity index (χ2v) is 5.43. The Bertz CT molecular complexity index is 524. The molecule has 0 saturated carbocycles. The van der Waals surface area contributed by atoms with Crippen LogP contribution in [0.2, 0.25) is 5.02 Å². The Hall–Kier alpha value is -1.19. The van der Waals surface area contributed by atoms with E-state index in [1.54, 1.807) is 11.3 Å². The molecule has 0 amide bonds. The first-order valence-electron chi connectivity index (χ1n) is 5.89. The summed E-state index contributed by atoms with van der Waals surface area (Å²) in [6, 6.07) is 8.08. The fraction of sp³-hybridized carbons (Fsp3) is 0.286. The van der Waals surface area contributed by atoms with Gasteiger partial charge in [-0.25, -0.2) is 0 Å². The first-order valence-corrected chi connectivity index (χ1v) is 7.15. The minimum absolute atomic E-state index is 0.694. The molecule has 0 bridgehead atoms. The van der Waals surface area contributed by atoms with E-state index < -0.39 is 0 Å². The first-order chi connectivity index (χ1) is 8.69.